The van der Waals surface area contributed by atoms with Gasteiger partial charge in [0.1, 0.15) is 0 Å². The first-order valence-corrected chi connectivity index (χ1v) is 6.91. The zero-order chi connectivity index (χ0) is 11.8. The monoisotopic (exact) mass is 240 g/mol. The summed E-state index contributed by atoms with van der Waals surface area (Å²) in [5, 5.41) is 3.47. The van der Waals surface area contributed by atoms with E-state index in [4.69, 9.17) is 9.47 Å². The average molecular weight is 240 g/mol. The molecule has 0 aromatic rings. The van der Waals surface area contributed by atoms with Gasteiger partial charge < -0.3 is 14.8 Å². The van der Waals surface area contributed by atoms with Gasteiger partial charge in [-0.3, -0.25) is 4.90 Å². The van der Waals surface area contributed by atoms with Crippen molar-refractivity contribution in [1.82, 2.24) is 10.2 Å². The Kier molecular flexibility index (Phi) is 3.15. The highest BCUT2D eigenvalue weighted by Crippen LogP contribution is 2.33. The van der Waals surface area contributed by atoms with Crippen LogP contribution in [0.25, 0.3) is 0 Å². The van der Waals surface area contributed by atoms with Crippen LogP contribution in [0.2, 0.25) is 0 Å². The van der Waals surface area contributed by atoms with Crippen LogP contribution in [0, 0.1) is 5.41 Å². The van der Waals surface area contributed by atoms with Crippen LogP contribution in [-0.4, -0.2) is 56.6 Å². The molecule has 17 heavy (non-hydrogen) atoms. The Morgan fingerprint density at radius 3 is 2.76 bits per heavy atom. The van der Waals surface area contributed by atoms with Crippen LogP contribution < -0.4 is 5.32 Å². The highest BCUT2D eigenvalue weighted by atomic mass is 16.7. The number of rotatable bonds is 2. The number of piperidine rings is 1. The predicted molar refractivity (Wildman–Crippen MR) is 65.9 cm³/mol. The van der Waals surface area contributed by atoms with Gasteiger partial charge in [-0.2, -0.15) is 0 Å². The van der Waals surface area contributed by atoms with Gasteiger partial charge in [0, 0.05) is 19.5 Å². The fourth-order valence-corrected chi connectivity index (χ4v) is 3.48. The van der Waals surface area contributed by atoms with Crippen LogP contribution in [-0.2, 0) is 9.47 Å². The summed E-state index contributed by atoms with van der Waals surface area (Å²) in [7, 11) is 0. The van der Waals surface area contributed by atoms with E-state index in [1.165, 1.54) is 32.5 Å². The Morgan fingerprint density at radius 1 is 1.24 bits per heavy atom. The van der Waals surface area contributed by atoms with Gasteiger partial charge in [-0.05, 0) is 31.3 Å². The molecule has 3 rings (SSSR count). The summed E-state index contributed by atoms with van der Waals surface area (Å²) < 4.78 is 11.7. The topological polar surface area (TPSA) is 33.7 Å². The van der Waals surface area contributed by atoms with Crippen molar-refractivity contribution in [1.29, 1.82) is 0 Å². The minimum Gasteiger partial charge on any atom is -0.346 e. The van der Waals surface area contributed by atoms with Crippen molar-refractivity contribution >= 4 is 0 Å². The molecule has 0 saturated carbocycles. The van der Waals surface area contributed by atoms with E-state index >= 15 is 0 Å². The zero-order valence-corrected chi connectivity index (χ0v) is 10.8. The molecule has 3 saturated heterocycles. The molecule has 0 bridgehead atoms. The molecule has 1 unspecified atom stereocenters. The van der Waals surface area contributed by atoms with E-state index in [1.807, 2.05) is 0 Å². The molecule has 4 nitrogen and oxygen atoms in total. The Hall–Kier alpha value is -0.160. The van der Waals surface area contributed by atoms with E-state index in [9.17, 15) is 0 Å². The zero-order valence-electron chi connectivity index (χ0n) is 10.8. The third-order valence-electron chi connectivity index (χ3n) is 4.37. The molecular formula is C13H24N2O2. The first-order chi connectivity index (χ1) is 8.20. The van der Waals surface area contributed by atoms with Crippen molar-refractivity contribution in [3.8, 4) is 0 Å². The average Bonchev–Trinajstić information content (AvgIpc) is 2.89. The van der Waals surface area contributed by atoms with Crippen molar-refractivity contribution in [2.24, 2.45) is 5.41 Å². The van der Waals surface area contributed by atoms with Gasteiger partial charge in [0.25, 0.3) is 0 Å². The summed E-state index contributed by atoms with van der Waals surface area (Å²) in [6.07, 6.45) is 3.56. The van der Waals surface area contributed by atoms with E-state index in [2.05, 4.69) is 17.1 Å². The van der Waals surface area contributed by atoms with Crippen molar-refractivity contribution < 1.29 is 9.47 Å². The molecule has 3 aliphatic heterocycles. The van der Waals surface area contributed by atoms with Crippen molar-refractivity contribution in [3.63, 3.8) is 0 Å². The largest absolute Gasteiger partial charge is 0.346 e. The first kappa shape index (κ1) is 11.9. The first-order valence-electron chi connectivity index (χ1n) is 6.91. The lowest BCUT2D eigenvalue weighted by atomic mass is 9.88. The maximum atomic E-state index is 5.83. The molecule has 0 aliphatic carbocycles. The SMILES string of the molecule is CC1(CN2CCCC3(C2)OCCO3)CCNC1. The molecule has 4 heteroatoms. The van der Waals surface area contributed by atoms with Crippen LogP contribution in [0.5, 0.6) is 0 Å². The van der Waals surface area contributed by atoms with Gasteiger partial charge >= 0.3 is 0 Å². The second kappa shape index (κ2) is 4.50. The van der Waals surface area contributed by atoms with Crippen molar-refractivity contribution in [3.05, 3.63) is 0 Å². The standard InChI is InChI=1S/C13H24N2O2/c1-12(4-5-14-9-12)10-15-6-2-3-13(11-15)16-7-8-17-13/h14H,2-11H2,1H3. The van der Waals surface area contributed by atoms with Gasteiger partial charge in [-0.25, -0.2) is 0 Å². The van der Waals surface area contributed by atoms with E-state index in [1.54, 1.807) is 0 Å². The number of ether oxygens (including phenoxy) is 2. The van der Waals surface area contributed by atoms with Crippen molar-refractivity contribution in [2.45, 2.75) is 32.0 Å². The molecule has 0 aromatic carbocycles. The molecule has 1 N–H and O–H groups in total. The second-order valence-electron chi connectivity index (χ2n) is 6.16. The van der Waals surface area contributed by atoms with Crippen LogP contribution in [0.3, 0.4) is 0 Å². The summed E-state index contributed by atoms with van der Waals surface area (Å²) in [6.45, 7) is 9.59. The van der Waals surface area contributed by atoms with Gasteiger partial charge in [0.2, 0.25) is 0 Å². The molecule has 1 atom stereocenters. The molecule has 0 radical (unpaired) electrons. The van der Waals surface area contributed by atoms with Crippen LogP contribution in [0.15, 0.2) is 0 Å². The third kappa shape index (κ3) is 2.50. The molecule has 3 heterocycles. The summed E-state index contributed by atoms with van der Waals surface area (Å²) >= 11 is 0. The van der Waals surface area contributed by atoms with Crippen molar-refractivity contribution in [2.75, 3.05) is 45.9 Å². The lowest BCUT2D eigenvalue weighted by Crippen LogP contribution is -2.51. The van der Waals surface area contributed by atoms with Gasteiger partial charge in [0.15, 0.2) is 5.79 Å². The fourth-order valence-electron chi connectivity index (χ4n) is 3.48. The maximum Gasteiger partial charge on any atom is 0.181 e. The number of hydrogen-bond donors (Lipinski definition) is 1. The lowest BCUT2D eigenvalue weighted by Gasteiger charge is -2.41. The number of nitrogens with one attached hydrogen (secondary N) is 1. The van der Waals surface area contributed by atoms with Gasteiger partial charge in [-0.1, -0.05) is 6.92 Å². The van der Waals surface area contributed by atoms with E-state index in [-0.39, 0.29) is 5.79 Å². The van der Waals surface area contributed by atoms with E-state index in [0.29, 0.717) is 5.41 Å². The summed E-state index contributed by atoms with van der Waals surface area (Å²) in [4.78, 5) is 2.54. The number of nitrogens with zero attached hydrogens (tertiary/aromatic N) is 1. The van der Waals surface area contributed by atoms with Crippen LogP contribution in [0.4, 0.5) is 0 Å². The number of hydrogen-bond acceptors (Lipinski definition) is 4. The van der Waals surface area contributed by atoms with E-state index < -0.39 is 0 Å². The Balaban J connectivity index is 1.60. The molecule has 0 aromatic heterocycles. The van der Waals surface area contributed by atoms with Gasteiger partial charge in [0.05, 0.1) is 19.8 Å². The Morgan fingerprint density at radius 2 is 2.06 bits per heavy atom. The number of likely N-dealkylation sites (tertiary alicyclic amines) is 1. The second-order valence-corrected chi connectivity index (χ2v) is 6.16. The third-order valence-corrected chi connectivity index (χ3v) is 4.37. The summed E-state index contributed by atoms with van der Waals surface area (Å²) in [5.41, 5.74) is 0.442. The summed E-state index contributed by atoms with van der Waals surface area (Å²) in [6, 6.07) is 0. The lowest BCUT2D eigenvalue weighted by molar-refractivity contribution is -0.191. The van der Waals surface area contributed by atoms with E-state index in [0.717, 1.165) is 32.7 Å². The Bertz CT molecular complexity index is 269. The highest BCUT2D eigenvalue weighted by Gasteiger charge is 2.42. The molecule has 0 amide bonds. The molecule has 98 valence electrons. The van der Waals surface area contributed by atoms with Crippen LogP contribution in [0.1, 0.15) is 26.2 Å². The van der Waals surface area contributed by atoms with Crippen LogP contribution >= 0.6 is 0 Å². The smallest absolute Gasteiger partial charge is 0.181 e. The minimum absolute atomic E-state index is 0.263. The highest BCUT2D eigenvalue weighted by molar-refractivity contribution is 4.90. The molecular weight excluding hydrogens is 216 g/mol. The normalized spacial score (nSPS) is 37.9. The molecule has 3 fully saturated rings. The quantitative estimate of drug-likeness (QED) is 0.775. The summed E-state index contributed by atoms with van der Waals surface area (Å²) in [5.74, 6) is -0.263. The maximum absolute atomic E-state index is 5.83. The predicted octanol–water partition coefficient (Wildman–Crippen LogP) is 0.825. The van der Waals surface area contributed by atoms with Gasteiger partial charge in [-0.15, -0.1) is 0 Å². The molecule has 1 spiro atoms. The fraction of sp³-hybridized carbons (Fsp3) is 1.00. The Labute approximate surface area is 104 Å². The molecule has 3 aliphatic rings. The minimum atomic E-state index is -0.263.